The summed E-state index contributed by atoms with van der Waals surface area (Å²) in [5.41, 5.74) is 2.60. The summed E-state index contributed by atoms with van der Waals surface area (Å²) < 4.78 is 3.76. The maximum atomic E-state index is 6.49. The first kappa shape index (κ1) is 17.8. The fourth-order valence-electron chi connectivity index (χ4n) is 2.37. The summed E-state index contributed by atoms with van der Waals surface area (Å²) in [6.07, 6.45) is 2.38. The lowest BCUT2D eigenvalue weighted by Gasteiger charge is -2.03. The number of H-pyrrole nitrogens is 1. The number of nitrogens with one attached hydrogen (secondary N) is 1. The first-order valence-electron chi connectivity index (χ1n) is 7.67. The van der Waals surface area contributed by atoms with Crippen LogP contribution in [-0.4, -0.2) is 30.9 Å². The van der Waals surface area contributed by atoms with Gasteiger partial charge in [-0.15, -0.1) is 0 Å². The lowest BCUT2D eigenvalue weighted by Crippen LogP contribution is -2.02. The molecule has 1 aromatic carbocycles. The van der Waals surface area contributed by atoms with Crippen LogP contribution in [0.25, 0.3) is 0 Å². The number of rotatable bonds is 5. The highest BCUT2D eigenvalue weighted by atomic mass is 35.5. The van der Waals surface area contributed by atoms with Crippen molar-refractivity contribution in [2.24, 2.45) is 5.10 Å². The van der Waals surface area contributed by atoms with Gasteiger partial charge in [0.1, 0.15) is 5.15 Å². The third-order valence-corrected chi connectivity index (χ3v) is 4.61. The second kappa shape index (κ2) is 7.51. The summed E-state index contributed by atoms with van der Waals surface area (Å²) in [6.45, 7) is 4.43. The second-order valence-electron chi connectivity index (χ2n) is 5.43. The van der Waals surface area contributed by atoms with E-state index in [1.54, 1.807) is 15.6 Å². The van der Waals surface area contributed by atoms with E-state index in [0.29, 0.717) is 27.9 Å². The van der Waals surface area contributed by atoms with Crippen LogP contribution >= 0.6 is 35.4 Å². The molecule has 130 valence electrons. The molecule has 0 aliphatic rings. The normalized spacial score (nSPS) is 11.5. The molecule has 0 saturated heterocycles. The largest absolute Gasteiger partial charge is 0.250 e. The second-order valence-corrected chi connectivity index (χ2v) is 6.61. The molecule has 3 aromatic rings. The van der Waals surface area contributed by atoms with Crippen molar-refractivity contribution < 1.29 is 0 Å². The van der Waals surface area contributed by atoms with Crippen LogP contribution in [0, 0.1) is 11.7 Å². The molecule has 6 nitrogen and oxygen atoms in total. The highest BCUT2D eigenvalue weighted by molar-refractivity contribution is 7.71. The Morgan fingerprint density at radius 2 is 2.00 bits per heavy atom. The Morgan fingerprint density at radius 3 is 2.68 bits per heavy atom. The van der Waals surface area contributed by atoms with Crippen LogP contribution in [0.2, 0.25) is 10.2 Å². The minimum atomic E-state index is 0.440. The smallest absolute Gasteiger partial charge is 0.216 e. The van der Waals surface area contributed by atoms with Crippen LogP contribution in [0.4, 0.5) is 0 Å². The Bertz CT molecular complexity index is 968. The average Bonchev–Trinajstić information content (AvgIpc) is 3.08. The Morgan fingerprint density at radius 1 is 1.28 bits per heavy atom. The molecule has 0 saturated carbocycles. The van der Waals surface area contributed by atoms with Crippen LogP contribution in [0.15, 0.2) is 29.4 Å². The molecule has 25 heavy (non-hydrogen) atoms. The number of aromatic nitrogens is 5. The molecule has 0 bridgehead atoms. The SMILES string of the molecule is CCc1n[nH]c(=S)n1/N=C/c1c(C)nn(Cc2ccc(Cl)cc2)c1Cl. The Kier molecular flexibility index (Phi) is 5.36. The van der Waals surface area contributed by atoms with E-state index < -0.39 is 0 Å². The number of aryl methyl sites for hydroxylation is 2. The molecule has 0 fully saturated rings. The molecule has 0 atom stereocenters. The van der Waals surface area contributed by atoms with Crippen molar-refractivity contribution in [2.75, 3.05) is 0 Å². The summed E-state index contributed by atoms with van der Waals surface area (Å²) in [6, 6.07) is 7.58. The molecule has 0 aliphatic heterocycles. The minimum Gasteiger partial charge on any atom is -0.250 e. The van der Waals surface area contributed by atoms with Crippen molar-refractivity contribution in [3.63, 3.8) is 0 Å². The van der Waals surface area contributed by atoms with Gasteiger partial charge in [0.15, 0.2) is 5.82 Å². The van der Waals surface area contributed by atoms with Crippen LogP contribution < -0.4 is 0 Å². The minimum absolute atomic E-state index is 0.440. The molecule has 0 radical (unpaired) electrons. The van der Waals surface area contributed by atoms with Gasteiger partial charge >= 0.3 is 0 Å². The number of benzene rings is 1. The van der Waals surface area contributed by atoms with Crippen LogP contribution in [0.5, 0.6) is 0 Å². The topological polar surface area (TPSA) is 63.8 Å². The monoisotopic (exact) mass is 394 g/mol. The zero-order valence-corrected chi connectivity index (χ0v) is 16.0. The van der Waals surface area contributed by atoms with Crippen LogP contribution in [0.1, 0.15) is 29.6 Å². The van der Waals surface area contributed by atoms with Crippen molar-refractivity contribution in [1.82, 2.24) is 24.7 Å². The first-order chi connectivity index (χ1) is 12.0. The van der Waals surface area contributed by atoms with E-state index in [9.17, 15) is 0 Å². The molecular formula is C16H16Cl2N6S. The highest BCUT2D eigenvalue weighted by Gasteiger charge is 2.12. The van der Waals surface area contributed by atoms with E-state index in [0.717, 1.165) is 22.6 Å². The van der Waals surface area contributed by atoms with Gasteiger partial charge in [0.25, 0.3) is 0 Å². The van der Waals surface area contributed by atoms with Gasteiger partial charge < -0.3 is 0 Å². The zero-order valence-electron chi connectivity index (χ0n) is 13.7. The number of aromatic amines is 1. The first-order valence-corrected chi connectivity index (χ1v) is 8.84. The fraction of sp³-hybridized carbons (Fsp3) is 0.250. The molecule has 3 rings (SSSR count). The Hall–Kier alpha value is -1.96. The fourth-order valence-corrected chi connectivity index (χ4v) is 2.98. The quantitative estimate of drug-likeness (QED) is 0.519. The van der Waals surface area contributed by atoms with E-state index in [1.807, 2.05) is 38.1 Å². The van der Waals surface area contributed by atoms with Crippen LogP contribution in [-0.2, 0) is 13.0 Å². The van der Waals surface area contributed by atoms with Gasteiger partial charge in [-0.2, -0.15) is 20.0 Å². The summed E-state index contributed by atoms with van der Waals surface area (Å²) in [5.74, 6) is 0.753. The molecule has 2 heterocycles. The molecule has 9 heteroatoms. The van der Waals surface area contributed by atoms with Crippen molar-refractivity contribution in [1.29, 1.82) is 0 Å². The van der Waals surface area contributed by atoms with Crippen molar-refractivity contribution >= 4 is 41.6 Å². The molecule has 2 aromatic heterocycles. The van der Waals surface area contributed by atoms with E-state index in [4.69, 9.17) is 35.4 Å². The number of nitrogens with zero attached hydrogens (tertiary/aromatic N) is 5. The highest BCUT2D eigenvalue weighted by Crippen LogP contribution is 2.20. The summed E-state index contributed by atoms with van der Waals surface area (Å²) in [7, 11) is 0. The van der Waals surface area contributed by atoms with Crippen molar-refractivity contribution in [3.8, 4) is 0 Å². The zero-order chi connectivity index (χ0) is 18.0. The average molecular weight is 395 g/mol. The van der Waals surface area contributed by atoms with Crippen molar-refractivity contribution in [2.45, 2.75) is 26.8 Å². The molecule has 0 unspecified atom stereocenters. The number of hydrogen-bond donors (Lipinski definition) is 1. The van der Waals surface area contributed by atoms with E-state index in [1.165, 1.54) is 0 Å². The lowest BCUT2D eigenvalue weighted by molar-refractivity contribution is 0.680. The summed E-state index contributed by atoms with van der Waals surface area (Å²) in [4.78, 5) is 0. The van der Waals surface area contributed by atoms with Gasteiger partial charge in [0.05, 0.1) is 24.0 Å². The standard InChI is InChI=1S/C16H16Cl2N6S/c1-3-14-20-21-16(25)24(14)19-8-13-10(2)22-23(15(13)18)9-11-4-6-12(17)7-5-11/h4-8H,3,9H2,1-2H3,(H,21,25)/b19-8+. The maximum absolute atomic E-state index is 6.49. The van der Waals surface area contributed by atoms with Gasteiger partial charge in [0, 0.05) is 11.4 Å². The summed E-state index contributed by atoms with van der Waals surface area (Å²) >= 11 is 17.6. The lowest BCUT2D eigenvalue weighted by atomic mass is 10.2. The Balaban J connectivity index is 1.89. The number of hydrogen-bond acceptors (Lipinski definition) is 4. The van der Waals surface area contributed by atoms with Gasteiger partial charge in [0.2, 0.25) is 4.77 Å². The number of halogens is 2. The van der Waals surface area contributed by atoms with E-state index in [-0.39, 0.29) is 0 Å². The van der Waals surface area contributed by atoms with Gasteiger partial charge in [-0.05, 0) is 36.8 Å². The third kappa shape index (κ3) is 3.84. The molecule has 1 N–H and O–H groups in total. The van der Waals surface area contributed by atoms with E-state index >= 15 is 0 Å². The van der Waals surface area contributed by atoms with Gasteiger partial charge in [-0.3, -0.25) is 5.10 Å². The predicted octanol–water partition coefficient (Wildman–Crippen LogP) is 4.25. The molecule has 0 spiro atoms. The Labute approximate surface area is 160 Å². The van der Waals surface area contributed by atoms with Gasteiger partial charge in [-0.1, -0.05) is 42.3 Å². The summed E-state index contributed by atoms with van der Waals surface area (Å²) in [5, 5.41) is 17.0. The third-order valence-electron chi connectivity index (χ3n) is 3.69. The van der Waals surface area contributed by atoms with E-state index in [2.05, 4.69) is 20.4 Å². The molecule has 0 aliphatic carbocycles. The predicted molar refractivity (Wildman–Crippen MR) is 102 cm³/mol. The van der Waals surface area contributed by atoms with Crippen LogP contribution in [0.3, 0.4) is 0 Å². The van der Waals surface area contributed by atoms with Gasteiger partial charge in [-0.25, -0.2) is 4.68 Å². The maximum Gasteiger partial charge on any atom is 0.216 e. The van der Waals surface area contributed by atoms with Crippen molar-refractivity contribution in [3.05, 3.63) is 61.9 Å². The molecular weight excluding hydrogens is 379 g/mol. The molecule has 0 amide bonds.